The van der Waals surface area contributed by atoms with E-state index in [9.17, 15) is 13.2 Å². The maximum Gasteiger partial charge on any atom is 0.374 e. The van der Waals surface area contributed by atoms with E-state index in [1.165, 1.54) is 23.5 Å². The molecular weight excluding hydrogens is 308 g/mol. The van der Waals surface area contributed by atoms with Crippen LogP contribution in [0.25, 0.3) is 0 Å². The average Bonchev–Trinajstić information content (AvgIpc) is 3.03. The van der Waals surface area contributed by atoms with Crippen molar-refractivity contribution in [1.82, 2.24) is 9.62 Å². The van der Waals surface area contributed by atoms with Crippen molar-refractivity contribution in [2.24, 2.45) is 0 Å². The molecule has 1 aliphatic heterocycles. The topological polar surface area (TPSA) is 88.9 Å². The molecule has 1 saturated heterocycles. The summed E-state index contributed by atoms with van der Waals surface area (Å²) in [5.74, 6) is -0.798. The van der Waals surface area contributed by atoms with E-state index < -0.39 is 16.0 Å². The second kappa shape index (κ2) is 7.26. The second-order valence-electron chi connectivity index (χ2n) is 5.21. The van der Waals surface area contributed by atoms with Gasteiger partial charge in [-0.1, -0.05) is 6.92 Å². The summed E-state index contributed by atoms with van der Waals surface area (Å²) in [6, 6.07) is 2.59. The lowest BCUT2D eigenvalue weighted by atomic mass is 10.1. The Bertz CT molecular complexity index is 605. The predicted octanol–water partition coefficient (Wildman–Crippen LogP) is 1.22. The number of carbonyl (C=O) groups is 1. The Morgan fingerprint density at radius 2 is 2.09 bits per heavy atom. The number of hydrogen-bond acceptors (Lipinski definition) is 6. The van der Waals surface area contributed by atoms with Gasteiger partial charge in [0.2, 0.25) is 10.9 Å². The van der Waals surface area contributed by atoms with Crippen LogP contribution in [0.1, 0.15) is 36.7 Å². The average molecular weight is 330 g/mol. The fraction of sp³-hybridized carbons (Fsp3) is 0.643. The Labute approximate surface area is 130 Å². The number of piperidine rings is 1. The van der Waals surface area contributed by atoms with Gasteiger partial charge in [0, 0.05) is 12.6 Å². The molecule has 22 heavy (non-hydrogen) atoms. The second-order valence-corrected chi connectivity index (χ2v) is 7.03. The minimum atomic E-state index is -3.75. The van der Waals surface area contributed by atoms with Crippen LogP contribution >= 0.6 is 0 Å². The van der Waals surface area contributed by atoms with Crippen molar-refractivity contribution in [1.29, 1.82) is 0 Å². The number of methoxy groups -OCH3 is 1. The fourth-order valence-electron chi connectivity index (χ4n) is 2.60. The summed E-state index contributed by atoms with van der Waals surface area (Å²) >= 11 is 0. The largest absolute Gasteiger partial charge is 0.463 e. The quantitative estimate of drug-likeness (QED) is 0.789. The first-order valence-corrected chi connectivity index (χ1v) is 8.85. The molecule has 0 aliphatic carbocycles. The van der Waals surface area contributed by atoms with Gasteiger partial charge in [-0.3, -0.25) is 0 Å². The number of furan rings is 1. The number of hydrogen-bond donors (Lipinski definition) is 1. The molecule has 1 aromatic heterocycles. The van der Waals surface area contributed by atoms with E-state index in [1.807, 2.05) is 6.92 Å². The van der Waals surface area contributed by atoms with Crippen LogP contribution in [0, 0.1) is 0 Å². The van der Waals surface area contributed by atoms with E-state index >= 15 is 0 Å². The molecule has 0 radical (unpaired) electrons. The molecule has 1 aromatic rings. The normalized spacial score (nSPS) is 16.9. The standard InChI is InChI=1S/C14H22N2O5S/c1-3-10-16(11-6-8-15-9-7-11)22(18,19)13-5-4-12(21-13)14(17)20-2/h4-5,11,15H,3,6-10H2,1-2H3. The fourth-order valence-corrected chi connectivity index (χ4v) is 4.29. The van der Waals surface area contributed by atoms with Crippen LogP contribution in [0.5, 0.6) is 0 Å². The maximum atomic E-state index is 12.8. The van der Waals surface area contributed by atoms with Crippen LogP contribution in [-0.4, -0.2) is 51.5 Å². The molecule has 8 heteroatoms. The SMILES string of the molecule is CCCN(C1CCNCC1)S(=O)(=O)c1ccc(C(=O)OC)o1. The lowest BCUT2D eigenvalue weighted by Crippen LogP contribution is -2.46. The van der Waals surface area contributed by atoms with E-state index in [-0.39, 0.29) is 16.9 Å². The molecule has 0 bridgehead atoms. The van der Waals surface area contributed by atoms with Gasteiger partial charge in [-0.05, 0) is 44.5 Å². The van der Waals surface area contributed by atoms with Crippen molar-refractivity contribution < 1.29 is 22.4 Å². The molecule has 0 atom stereocenters. The molecule has 1 N–H and O–H groups in total. The maximum absolute atomic E-state index is 12.8. The molecule has 0 aromatic carbocycles. The highest BCUT2D eigenvalue weighted by Gasteiger charge is 2.34. The summed E-state index contributed by atoms with van der Waals surface area (Å²) in [6.45, 7) is 3.96. The van der Waals surface area contributed by atoms with Crippen molar-refractivity contribution in [3.05, 3.63) is 17.9 Å². The minimum absolute atomic E-state index is 0.0436. The van der Waals surface area contributed by atoms with Crippen molar-refractivity contribution in [2.75, 3.05) is 26.7 Å². The number of nitrogens with zero attached hydrogens (tertiary/aromatic N) is 1. The first-order chi connectivity index (χ1) is 10.5. The Kier molecular flexibility index (Phi) is 5.60. The molecule has 7 nitrogen and oxygen atoms in total. The summed E-state index contributed by atoms with van der Waals surface area (Å²) in [4.78, 5) is 11.4. The lowest BCUT2D eigenvalue weighted by molar-refractivity contribution is 0.0558. The third-order valence-corrected chi connectivity index (χ3v) is 5.52. The molecule has 0 saturated carbocycles. The van der Waals surface area contributed by atoms with Crippen LogP contribution in [0.3, 0.4) is 0 Å². The van der Waals surface area contributed by atoms with Gasteiger partial charge in [-0.2, -0.15) is 4.31 Å². The van der Waals surface area contributed by atoms with Gasteiger partial charge in [-0.25, -0.2) is 13.2 Å². The highest BCUT2D eigenvalue weighted by Crippen LogP contribution is 2.24. The third-order valence-electron chi connectivity index (χ3n) is 3.69. The highest BCUT2D eigenvalue weighted by atomic mass is 32.2. The van der Waals surface area contributed by atoms with Gasteiger partial charge >= 0.3 is 5.97 Å². The van der Waals surface area contributed by atoms with Gasteiger partial charge < -0.3 is 14.5 Å². The first-order valence-electron chi connectivity index (χ1n) is 7.41. The van der Waals surface area contributed by atoms with Crippen molar-refractivity contribution in [2.45, 2.75) is 37.3 Å². The van der Waals surface area contributed by atoms with Crippen LogP contribution in [0.4, 0.5) is 0 Å². The van der Waals surface area contributed by atoms with E-state index in [0.717, 1.165) is 25.9 Å². The number of ether oxygens (including phenoxy) is 1. The van der Waals surface area contributed by atoms with Gasteiger partial charge in [0.25, 0.3) is 10.0 Å². The number of carbonyl (C=O) groups excluding carboxylic acids is 1. The Balaban J connectivity index is 2.28. The van der Waals surface area contributed by atoms with Gasteiger partial charge in [0.1, 0.15) is 0 Å². The number of esters is 1. The van der Waals surface area contributed by atoms with Gasteiger partial charge in [0.05, 0.1) is 7.11 Å². The zero-order valence-electron chi connectivity index (χ0n) is 12.9. The van der Waals surface area contributed by atoms with Crippen LogP contribution in [-0.2, 0) is 14.8 Å². The molecular formula is C14H22N2O5S. The van der Waals surface area contributed by atoms with Crippen LogP contribution < -0.4 is 5.32 Å². The van der Waals surface area contributed by atoms with Gasteiger partial charge in [-0.15, -0.1) is 0 Å². The van der Waals surface area contributed by atoms with E-state index in [2.05, 4.69) is 10.1 Å². The van der Waals surface area contributed by atoms with E-state index in [0.29, 0.717) is 13.0 Å². The zero-order valence-corrected chi connectivity index (χ0v) is 13.7. The van der Waals surface area contributed by atoms with Crippen molar-refractivity contribution in [3.63, 3.8) is 0 Å². The van der Waals surface area contributed by atoms with E-state index in [4.69, 9.17) is 4.42 Å². The molecule has 1 fully saturated rings. The third kappa shape index (κ3) is 3.50. The molecule has 0 amide bonds. The molecule has 124 valence electrons. The van der Waals surface area contributed by atoms with Gasteiger partial charge in [0.15, 0.2) is 0 Å². The van der Waals surface area contributed by atoms with Crippen molar-refractivity contribution in [3.8, 4) is 0 Å². The summed E-state index contributed by atoms with van der Waals surface area (Å²) in [5.41, 5.74) is 0. The number of rotatable bonds is 6. The lowest BCUT2D eigenvalue weighted by Gasteiger charge is -2.32. The van der Waals surface area contributed by atoms with Crippen LogP contribution in [0.2, 0.25) is 0 Å². The van der Waals surface area contributed by atoms with Crippen molar-refractivity contribution >= 4 is 16.0 Å². The Hall–Kier alpha value is -1.38. The zero-order chi connectivity index (χ0) is 16.2. The molecule has 1 aliphatic rings. The summed E-state index contributed by atoms with van der Waals surface area (Å²) < 4.78 is 36.8. The molecule has 2 rings (SSSR count). The monoisotopic (exact) mass is 330 g/mol. The van der Waals surface area contributed by atoms with E-state index in [1.54, 1.807) is 0 Å². The Morgan fingerprint density at radius 3 is 2.68 bits per heavy atom. The summed E-state index contributed by atoms with van der Waals surface area (Å²) in [5, 5.41) is 3.02. The summed E-state index contributed by atoms with van der Waals surface area (Å²) in [6.07, 6.45) is 2.25. The molecule has 0 spiro atoms. The number of sulfonamides is 1. The molecule has 2 heterocycles. The Morgan fingerprint density at radius 1 is 1.41 bits per heavy atom. The predicted molar refractivity (Wildman–Crippen MR) is 80.1 cm³/mol. The minimum Gasteiger partial charge on any atom is -0.463 e. The first kappa shape index (κ1) is 17.0. The smallest absolute Gasteiger partial charge is 0.374 e. The number of nitrogens with one attached hydrogen (secondary N) is 1. The molecule has 0 unspecified atom stereocenters. The summed E-state index contributed by atoms with van der Waals surface area (Å²) in [7, 11) is -2.53. The van der Waals surface area contributed by atoms with Crippen LogP contribution in [0.15, 0.2) is 21.6 Å². The highest BCUT2D eigenvalue weighted by molar-refractivity contribution is 7.89.